The maximum atomic E-state index is 12.3. The summed E-state index contributed by atoms with van der Waals surface area (Å²) < 4.78 is 7.04. The third-order valence-corrected chi connectivity index (χ3v) is 4.21. The number of ether oxygens (including phenoxy) is 1. The third-order valence-electron chi connectivity index (χ3n) is 4.21. The molecule has 0 bridgehead atoms. The molecule has 1 amide bonds. The van der Waals surface area contributed by atoms with Gasteiger partial charge in [0.15, 0.2) is 5.69 Å². The Labute approximate surface area is 145 Å². The number of imidazole rings is 1. The molecule has 3 rings (SSSR count). The number of nitrogens with zero attached hydrogens (tertiary/aromatic N) is 3. The Morgan fingerprint density at radius 3 is 2.60 bits per heavy atom. The highest BCUT2D eigenvalue weighted by atomic mass is 16.6. The number of aromatic nitrogens is 2. The van der Waals surface area contributed by atoms with Crippen molar-refractivity contribution in [1.82, 2.24) is 14.5 Å². The molecule has 0 saturated heterocycles. The van der Waals surface area contributed by atoms with Crippen LogP contribution >= 0.6 is 0 Å². The molecule has 1 aliphatic rings. The molecule has 25 heavy (non-hydrogen) atoms. The monoisotopic (exact) mass is 343 g/mol. The van der Waals surface area contributed by atoms with Crippen LogP contribution < -0.4 is 0 Å². The van der Waals surface area contributed by atoms with E-state index in [1.54, 1.807) is 9.47 Å². The maximum absolute atomic E-state index is 12.3. The lowest BCUT2D eigenvalue weighted by atomic mass is 10.1. The van der Waals surface area contributed by atoms with E-state index in [1.807, 2.05) is 44.2 Å². The molecule has 0 aliphatic carbocycles. The Kier molecular flexibility index (Phi) is 4.74. The van der Waals surface area contributed by atoms with Crippen LogP contribution in [0.2, 0.25) is 0 Å². The van der Waals surface area contributed by atoms with Crippen LogP contribution in [-0.2, 0) is 24.4 Å². The van der Waals surface area contributed by atoms with Crippen molar-refractivity contribution in [2.24, 2.45) is 0 Å². The molecule has 0 radical (unpaired) electrons. The van der Waals surface area contributed by atoms with Gasteiger partial charge in [0.25, 0.3) is 0 Å². The number of aromatic carboxylic acids is 1. The SMILES string of the molecule is CC(C)c1nc2n(c1C(=O)O)CCN(C(=O)OCc1ccccc1)C2. The molecule has 0 fully saturated rings. The number of carbonyl (C=O) groups is 2. The molecule has 1 N–H and O–H groups in total. The lowest BCUT2D eigenvalue weighted by molar-refractivity contribution is 0.0675. The molecule has 0 saturated carbocycles. The van der Waals surface area contributed by atoms with Crippen LogP contribution in [0.3, 0.4) is 0 Å². The highest BCUT2D eigenvalue weighted by Crippen LogP contribution is 2.24. The minimum atomic E-state index is -0.984. The predicted molar refractivity (Wildman–Crippen MR) is 90.3 cm³/mol. The average Bonchev–Trinajstić information content (AvgIpc) is 2.99. The normalized spacial score (nSPS) is 13.6. The second-order valence-corrected chi connectivity index (χ2v) is 6.34. The van der Waals surface area contributed by atoms with Crippen molar-refractivity contribution in [2.45, 2.75) is 39.5 Å². The van der Waals surface area contributed by atoms with Crippen molar-refractivity contribution in [3.63, 3.8) is 0 Å². The van der Waals surface area contributed by atoms with Crippen LogP contribution in [-0.4, -0.2) is 38.2 Å². The van der Waals surface area contributed by atoms with Crippen LogP contribution in [0.4, 0.5) is 4.79 Å². The van der Waals surface area contributed by atoms with Crippen molar-refractivity contribution in [1.29, 1.82) is 0 Å². The largest absolute Gasteiger partial charge is 0.477 e. The molecular formula is C18H21N3O4. The summed E-state index contributed by atoms with van der Waals surface area (Å²) in [6.45, 7) is 5.08. The van der Waals surface area contributed by atoms with Gasteiger partial charge >= 0.3 is 12.1 Å². The molecule has 1 aliphatic heterocycles. The van der Waals surface area contributed by atoms with Crippen LogP contribution in [0, 0.1) is 0 Å². The van der Waals surface area contributed by atoms with Crippen molar-refractivity contribution in [2.75, 3.05) is 6.54 Å². The molecule has 0 unspecified atom stereocenters. The molecular weight excluding hydrogens is 322 g/mol. The summed E-state index contributed by atoms with van der Waals surface area (Å²) in [5, 5.41) is 9.48. The number of fused-ring (bicyclic) bond motifs is 1. The van der Waals surface area contributed by atoms with E-state index in [0.29, 0.717) is 24.6 Å². The van der Waals surface area contributed by atoms with Gasteiger partial charge in [-0.25, -0.2) is 14.6 Å². The zero-order valence-electron chi connectivity index (χ0n) is 14.3. The molecule has 2 heterocycles. The van der Waals surface area contributed by atoms with E-state index in [4.69, 9.17) is 4.74 Å². The quantitative estimate of drug-likeness (QED) is 0.923. The number of hydrogen-bond donors (Lipinski definition) is 1. The first kappa shape index (κ1) is 17.0. The van der Waals surface area contributed by atoms with E-state index in [0.717, 1.165) is 5.56 Å². The van der Waals surface area contributed by atoms with Gasteiger partial charge < -0.3 is 14.4 Å². The van der Waals surface area contributed by atoms with E-state index in [-0.39, 0.29) is 24.8 Å². The fourth-order valence-electron chi connectivity index (χ4n) is 2.95. The predicted octanol–water partition coefficient (Wildman–Crippen LogP) is 2.86. The van der Waals surface area contributed by atoms with E-state index in [9.17, 15) is 14.7 Å². The van der Waals surface area contributed by atoms with Gasteiger partial charge in [-0.3, -0.25) is 4.90 Å². The van der Waals surface area contributed by atoms with Gasteiger partial charge in [0.1, 0.15) is 12.4 Å². The Hall–Kier alpha value is -2.83. The first-order valence-corrected chi connectivity index (χ1v) is 8.25. The van der Waals surface area contributed by atoms with Crippen molar-refractivity contribution < 1.29 is 19.4 Å². The van der Waals surface area contributed by atoms with Crippen LogP contribution in [0.25, 0.3) is 0 Å². The number of carboxylic acid groups (broad SMARTS) is 1. The molecule has 1 aromatic carbocycles. The summed E-state index contributed by atoms with van der Waals surface area (Å²) in [6.07, 6.45) is -0.416. The third kappa shape index (κ3) is 3.50. The van der Waals surface area contributed by atoms with Gasteiger partial charge in [0, 0.05) is 13.1 Å². The fourth-order valence-corrected chi connectivity index (χ4v) is 2.95. The van der Waals surface area contributed by atoms with Crippen molar-refractivity contribution in [3.05, 3.63) is 53.1 Å². The summed E-state index contributed by atoms with van der Waals surface area (Å²) in [4.78, 5) is 29.9. The minimum absolute atomic E-state index is 0.00248. The summed E-state index contributed by atoms with van der Waals surface area (Å²) in [6, 6.07) is 9.47. The Morgan fingerprint density at radius 1 is 1.24 bits per heavy atom. The van der Waals surface area contributed by atoms with E-state index in [1.165, 1.54) is 0 Å². The van der Waals surface area contributed by atoms with Gasteiger partial charge in [-0.1, -0.05) is 44.2 Å². The Morgan fingerprint density at radius 2 is 1.96 bits per heavy atom. The lowest BCUT2D eigenvalue weighted by Crippen LogP contribution is -2.39. The highest BCUT2D eigenvalue weighted by Gasteiger charge is 2.30. The summed E-state index contributed by atoms with van der Waals surface area (Å²) in [5.41, 5.74) is 1.70. The average molecular weight is 343 g/mol. The molecule has 132 valence electrons. The Bertz CT molecular complexity index is 783. The molecule has 2 aromatic rings. The summed E-state index contributed by atoms with van der Waals surface area (Å²) >= 11 is 0. The fraction of sp³-hybridized carbons (Fsp3) is 0.389. The van der Waals surface area contributed by atoms with Gasteiger partial charge in [0.2, 0.25) is 0 Å². The summed E-state index contributed by atoms with van der Waals surface area (Å²) in [7, 11) is 0. The first-order chi connectivity index (χ1) is 12.0. The minimum Gasteiger partial charge on any atom is -0.477 e. The van der Waals surface area contributed by atoms with E-state index in [2.05, 4.69) is 4.98 Å². The first-order valence-electron chi connectivity index (χ1n) is 8.25. The number of hydrogen-bond acceptors (Lipinski definition) is 4. The number of benzene rings is 1. The van der Waals surface area contributed by atoms with Crippen molar-refractivity contribution in [3.8, 4) is 0 Å². The topological polar surface area (TPSA) is 84.7 Å². The highest BCUT2D eigenvalue weighted by molar-refractivity contribution is 5.87. The van der Waals surface area contributed by atoms with E-state index < -0.39 is 12.1 Å². The van der Waals surface area contributed by atoms with Gasteiger partial charge in [-0.05, 0) is 11.5 Å². The zero-order valence-corrected chi connectivity index (χ0v) is 14.3. The van der Waals surface area contributed by atoms with Crippen LogP contribution in [0.1, 0.15) is 47.3 Å². The number of carbonyl (C=O) groups excluding carboxylic acids is 1. The molecule has 1 aromatic heterocycles. The molecule has 7 nitrogen and oxygen atoms in total. The smallest absolute Gasteiger partial charge is 0.410 e. The van der Waals surface area contributed by atoms with E-state index >= 15 is 0 Å². The maximum Gasteiger partial charge on any atom is 0.410 e. The second kappa shape index (κ2) is 6.96. The number of carboxylic acids is 1. The van der Waals surface area contributed by atoms with Crippen LogP contribution in [0.5, 0.6) is 0 Å². The van der Waals surface area contributed by atoms with Gasteiger partial charge in [-0.2, -0.15) is 0 Å². The Balaban J connectivity index is 1.71. The molecule has 7 heteroatoms. The lowest BCUT2D eigenvalue weighted by Gasteiger charge is -2.27. The standard InChI is InChI=1S/C18H21N3O4/c1-12(2)15-16(17(22)23)21-9-8-20(10-14(21)19-15)18(24)25-11-13-6-4-3-5-7-13/h3-7,12H,8-11H2,1-2H3,(H,22,23). The van der Waals surface area contributed by atoms with Crippen LogP contribution in [0.15, 0.2) is 30.3 Å². The van der Waals surface area contributed by atoms with Crippen molar-refractivity contribution >= 4 is 12.1 Å². The van der Waals surface area contributed by atoms with Gasteiger partial charge in [0.05, 0.1) is 12.2 Å². The molecule has 0 atom stereocenters. The molecule has 0 spiro atoms. The second-order valence-electron chi connectivity index (χ2n) is 6.34. The van der Waals surface area contributed by atoms with Gasteiger partial charge in [-0.15, -0.1) is 0 Å². The summed E-state index contributed by atoms with van der Waals surface area (Å²) in [5.74, 6) is -0.394. The number of rotatable bonds is 4. The zero-order chi connectivity index (χ0) is 18.0. The number of amides is 1.